The van der Waals surface area contributed by atoms with E-state index >= 15 is 0 Å². The van der Waals surface area contributed by atoms with Gasteiger partial charge >= 0.3 is 0 Å². The highest BCUT2D eigenvalue weighted by Crippen LogP contribution is 2.28. The Kier molecular flexibility index (Phi) is 5.73. The second-order valence-corrected chi connectivity index (χ2v) is 6.61. The van der Waals surface area contributed by atoms with E-state index in [0.29, 0.717) is 6.54 Å². The molecule has 0 fully saturated rings. The van der Waals surface area contributed by atoms with Gasteiger partial charge in [-0.05, 0) is 18.6 Å². The van der Waals surface area contributed by atoms with Crippen molar-refractivity contribution < 1.29 is 30.2 Å². The number of carbonyl (C=O) groups is 2. The van der Waals surface area contributed by atoms with Crippen LogP contribution in [0.25, 0.3) is 21.8 Å². The third-order valence-electron chi connectivity index (χ3n) is 4.73. The Balaban J connectivity index is 1.74. The first kappa shape index (κ1) is 18.9. The molecule has 0 bridgehead atoms. The minimum Gasteiger partial charge on any atom is -0.550 e. The molecule has 3 N–H and O–H groups in total. The quantitative estimate of drug-likeness (QED) is 0.469. The highest BCUT2D eigenvalue weighted by Gasteiger charge is 2.18. The third-order valence-corrected chi connectivity index (χ3v) is 4.73. The molecule has 7 heteroatoms. The Morgan fingerprint density at radius 1 is 1.00 bits per heavy atom. The van der Waals surface area contributed by atoms with Gasteiger partial charge in [-0.3, -0.25) is 0 Å². The number of carbonyl (C=O) groups excluding carboxylic acids is 2. The molecule has 0 unspecified atom stereocenters. The molecule has 27 heavy (non-hydrogen) atoms. The number of aromatic nitrogens is 1. The van der Waals surface area contributed by atoms with Crippen LogP contribution in [0.2, 0.25) is 0 Å². The van der Waals surface area contributed by atoms with E-state index in [4.69, 9.17) is 0 Å². The third kappa shape index (κ3) is 4.27. The molecule has 3 rings (SSSR count). The number of hydrogen-bond donors (Lipinski definition) is 2. The fourth-order valence-corrected chi connectivity index (χ4v) is 3.41. The Labute approximate surface area is 155 Å². The molecule has 0 saturated heterocycles. The summed E-state index contributed by atoms with van der Waals surface area (Å²) in [5.74, 6) is -2.65. The van der Waals surface area contributed by atoms with Gasteiger partial charge in [0, 0.05) is 34.2 Å². The minimum atomic E-state index is -1.35. The number of fused-ring (bicyclic) bond motifs is 3. The number of quaternary nitrogens is 1. The average Bonchev–Trinajstić information content (AvgIpc) is 2.95. The zero-order valence-electron chi connectivity index (χ0n) is 14.7. The van der Waals surface area contributed by atoms with Crippen LogP contribution in [0.15, 0.2) is 48.5 Å². The normalized spacial score (nSPS) is 13.7. The maximum atomic E-state index is 11.1. The summed E-state index contributed by atoms with van der Waals surface area (Å²) in [7, 11) is 0. The van der Waals surface area contributed by atoms with Crippen molar-refractivity contribution in [3.8, 4) is 0 Å². The number of rotatable bonds is 9. The molecule has 0 spiro atoms. The molecule has 0 amide bonds. The summed E-state index contributed by atoms with van der Waals surface area (Å²) < 4.78 is 2.01. The van der Waals surface area contributed by atoms with Crippen LogP contribution in [0.5, 0.6) is 0 Å². The Hall–Kier alpha value is -2.90. The zero-order chi connectivity index (χ0) is 19.4. The molecule has 0 saturated carbocycles. The molecular formula is C20H21N2O5-. The van der Waals surface area contributed by atoms with E-state index in [9.17, 15) is 24.9 Å². The fraction of sp³-hybridized carbons (Fsp3) is 0.300. The lowest BCUT2D eigenvalue weighted by Crippen LogP contribution is -2.94. The summed E-state index contributed by atoms with van der Waals surface area (Å²) in [5.41, 5.74) is 1.98. The molecule has 3 aromatic rings. The molecule has 7 nitrogen and oxygen atoms in total. The van der Waals surface area contributed by atoms with Crippen molar-refractivity contribution in [2.24, 2.45) is 0 Å². The van der Waals surface area contributed by atoms with Crippen LogP contribution in [-0.4, -0.2) is 40.3 Å². The number of carboxylic acids is 2. The van der Waals surface area contributed by atoms with Crippen LogP contribution in [0, 0.1) is 0 Å². The molecule has 1 heterocycles. The molecule has 142 valence electrons. The molecule has 0 radical (unpaired) electrons. The number of carboxylic acid groups (broad SMARTS) is 2. The van der Waals surface area contributed by atoms with Gasteiger partial charge < -0.3 is 34.8 Å². The van der Waals surface area contributed by atoms with E-state index in [1.54, 1.807) is 0 Å². The number of aliphatic hydroxyl groups excluding tert-OH is 1. The van der Waals surface area contributed by atoms with E-state index < -0.39 is 24.1 Å². The van der Waals surface area contributed by atoms with Crippen molar-refractivity contribution in [2.75, 3.05) is 6.54 Å². The predicted molar refractivity (Wildman–Crippen MR) is 95.3 cm³/mol. The molecule has 2 atom stereocenters. The number of aliphatic hydroxyl groups is 1. The van der Waals surface area contributed by atoms with Crippen molar-refractivity contribution >= 4 is 33.7 Å². The summed E-state index contributed by atoms with van der Waals surface area (Å²) in [6.07, 6.45) is -1.28. The second kappa shape index (κ2) is 8.20. The van der Waals surface area contributed by atoms with Crippen LogP contribution in [0.4, 0.5) is 0 Å². The standard InChI is InChI=1S/C20H22N2O5/c23-13(11-21-16(20(26)27)9-10-19(24)25)12-22-17-7-3-1-5-14(17)15-6-2-4-8-18(15)22/h1-8,13,16,21,23H,9-12H2,(H,24,25)(H,26,27)/p-1/t13-,16-/m0/s1. The van der Waals surface area contributed by atoms with Crippen molar-refractivity contribution in [3.63, 3.8) is 0 Å². The van der Waals surface area contributed by atoms with E-state index in [0.717, 1.165) is 21.8 Å². The lowest BCUT2D eigenvalue weighted by Gasteiger charge is -2.19. The second-order valence-electron chi connectivity index (χ2n) is 6.61. The Bertz CT molecular complexity index is 912. The summed E-state index contributed by atoms with van der Waals surface area (Å²) in [6, 6.07) is 14.8. The predicted octanol–water partition coefficient (Wildman–Crippen LogP) is -1.63. The van der Waals surface area contributed by atoms with Gasteiger partial charge in [0.25, 0.3) is 0 Å². The topological polar surface area (TPSA) is 122 Å². The van der Waals surface area contributed by atoms with Gasteiger partial charge in [-0.25, -0.2) is 0 Å². The number of hydrogen-bond acceptors (Lipinski definition) is 5. The molecule has 0 aliphatic carbocycles. The van der Waals surface area contributed by atoms with E-state index in [-0.39, 0.29) is 19.4 Å². The molecule has 2 aromatic carbocycles. The lowest BCUT2D eigenvalue weighted by molar-refractivity contribution is -0.689. The Morgan fingerprint density at radius 3 is 2.07 bits per heavy atom. The molecule has 1 aromatic heterocycles. The maximum absolute atomic E-state index is 11.1. The van der Waals surface area contributed by atoms with Crippen LogP contribution in [-0.2, 0) is 16.1 Å². The van der Waals surface area contributed by atoms with E-state index in [1.165, 1.54) is 5.32 Å². The van der Waals surface area contributed by atoms with Crippen LogP contribution < -0.4 is 15.5 Å². The van der Waals surface area contributed by atoms with Crippen LogP contribution in [0.3, 0.4) is 0 Å². The van der Waals surface area contributed by atoms with Gasteiger partial charge in [0.05, 0.1) is 12.5 Å². The number of nitrogens with zero attached hydrogens (tertiary/aromatic N) is 1. The monoisotopic (exact) mass is 369 g/mol. The van der Waals surface area contributed by atoms with Gasteiger partial charge in [0.15, 0.2) is 0 Å². The number of benzene rings is 2. The van der Waals surface area contributed by atoms with Gasteiger partial charge in [0.1, 0.15) is 18.7 Å². The summed E-state index contributed by atoms with van der Waals surface area (Å²) in [4.78, 5) is 21.7. The average molecular weight is 369 g/mol. The van der Waals surface area contributed by atoms with Crippen molar-refractivity contribution in [3.05, 3.63) is 48.5 Å². The van der Waals surface area contributed by atoms with Gasteiger partial charge in [-0.1, -0.05) is 36.4 Å². The highest BCUT2D eigenvalue weighted by molar-refractivity contribution is 6.07. The first-order chi connectivity index (χ1) is 13.0. The largest absolute Gasteiger partial charge is 0.550 e. The maximum Gasteiger partial charge on any atom is 0.126 e. The summed E-state index contributed by atoms with van der Waals surface area (Å²) >= 11 is 0. The summed E-state index contributed by atoms with van der Waals surface area (Å²) in [5, 5.41) is 35.7. The number of para-hydroxylation sites is 2. The molecule has 0 aliphatic heterocycles. The molecular weight excluding hydrogens is 348 g/mol. The van der Waals surface area contributed by atoms with Crippen LogP contribution in [0.1, 0.15) is 12.8 Å². The van der Waals surface area contributed by atoms with E-state index in [1.807, 2.05) is 53.1 Å². The highest BCUT2D eigenvalue weighted by atomic mass is 16.4. The first-order valence-corrected chi connectivity index (χ1v) is 8.85. The van der Waals surface area contributed by atoms with Gasteiger partial charge in [-0.2, -0.15) is 0 Å². The minimum absolute atomic E-state index is 0.104. The van der Waals surface area contributed by atoms with E-state index in [2.05, 4.69) is 0 Å². The van der Waals surface area contributed by atoms with Crippen molar-refractivity contribution in [1.82, 2.24) is 4.57 Å². The lowest BCUT2D eigenvalue weighted by atomic mass is 10.1. The number of nitrogens with two attached hydrogens (primary N) is 1. The smallest absolute Gasteiger partial charge is 0.126 e. The zero-order valence-corrected chi connectivity index (χ0v) is 14.7. The fourth-order valence-electron chi connectivity index (χ4n) is 3.41. The summed E-state index contributed by atoms with van der Waals surface area (Å²) in [6.45, 7) is 0.414. The van der Waals surface area contributed by atoms with Crippen LogP contribution >= 0.6 is 0 Å². The number of aliphatic carboxylic acids is 2. The van der Waals surface area contributed by atoms with Gasteiger partial charge in [0.2, 0.25) is 0 Å². The Morgan fingerprint density at radius 2 is 1.56 bits per heavy atom. The first-order valence-electron chi connectivity index (χ1n) is 8.85. The van der Waals surface area contributed by atoms with Crippen molar-refractivity contribution in [1.29, 1.82) is 0 Å². The SMILES string of the molecule is O=C([O-])CC[C@H]([NH2+]C[C@H](O)Cn1c2ccccc2c2ccccc21)C(=O)[O-]. The van der Waals surface area contributed by atoms with Crippen molar-refractivity contribution in [2.45, 2.75) is 31.5 Å². The molecule has 0 aliphatic rings. The van der Waals surface area contributed by atoms with Gasteiger partial charge in [-0.15, -0.1) is 0 Å².